The molecule has 0 atom stereocenters. The number of fused-ring (bicyclic) bond motifs is 1. The van der Waals surface area contributed by atoms with Crippen molar-refractivity contribution in [3.8, 4) is 16.9 Å². The van der Waals surface area contributed by atoms with Gasteiger partial charge in [0, 0.05) is 17.6 Å². The molecule has 1 heterocycles. The van der Waals surface area contributed by atoms with Gasteiger partial charge >= 0.3 is 29.6 Å². The molecular formula is C26H23N2NaO4. The Hall–Kier alpha value is -3.06. The first-order valence-corrected chi connectivity index (χ1v) is 10.3. The van der Waals surface area contributed by atoms with Crippen molar-refractivity contribution in [1.82, 2.24) is 4.57 Å². The molecule has 0 saturated carbocycles. The maximum Gasteiger partial charge on any atom is 1.00 e. The molecule has 0 unspecified atom stereocenters. The van der Waals surface area contributed by atoms with Crippen LogP contribution in [0.4, 0.5) is 0 Å². The van der Waals surface area contributed by atoms with Gasteiger partial charge in [0.25, 0.3) is 0 Å². The van der Waals surface area contributed by atoms with E-state index < -0.39 is 18.5 Å². The number of carbonyl (C=O) groups excluding carboxylic acids is 2. The third-order valence-electron chi connectivity index (χ3n) is 5.57. The van der Waals surface area contributed by atoms with Crippen LogP contribution < -0.4 is 45.1 Å². The predicted molar refractivity (Wildman–Crippen MR) is 121 cm³/mol. The number of rotatable bonds is 8. The van der Waals surface area contributed by atoms with Crippen LogP contribution in [0, 0.1) is 6.92 Å². The Bertz CT molecular complexity index is 1300. The van der Waals surface area contributed by atoms with Gasteiger partial charge in [-0.1, -0.05) is 60.7 Å². The van der Waals surface area contributed by atoms with E-state index in [9.17, 15) is 14.7 Å². The molecule has 0 radical (unpaired) electrons. The van der Waals surface area contributed by atoms with Crippen molar-refractivity contribution < 1.29 is 49.0 Å². The average molecular weight is 450 g/mol. The summed E-state index contributed by atoms with van der Waals surface area (Å²) in [7, 11) is 0. The van der Waals surface area contributed by atoms with Crippen molar-refractivity contribution in [1.29, 1.82) is 0 Å². The summed E-state index contributed by atoms with van der Waals surface area (Å²) in [5.74, 6) is -1.39. The number of carboxylic acid groups (broad SMARTS) is 1. The molecule has 3 aromatic carbocycles. The third kappa shape index (κ3) is 5.30. The molecule has 4 rings (SSSR count). The van der Waals surface area contributed by atoms with Crippen molar-refractivity contribution in [3.05, 3.63) is 89.6 Å². The van der Waals surface area contributed by atoms with Gasteiger partial charge < -0.3 is 24.9 Å². The number of aromatic nitrogens is 1. The summed E-state index contributed by atoms with van der Waals surface area (Å²) < 4.78 is 7.60. The summed E-state index contributed by atoms with van der Waals surface area (Å²) in [6.45, 7) is 1.93. The molecule has 0 aliphatic rings. The fourth-order valence-corrected chi connectivity index (χ4v) is 4.15. The molecule has 33 heavy (non-hydrogen) atoms. The van der Waals surface area contributed by atoms with Crippen LogP contribution in [0.25, 0.3) is 22.0 Å². The van der Waals surface area contributed by atoms with Crippen molar-refractivity contribution in [2.24, 2.45) is 5.73 Å². The van der Waals surface area contributed by atoms with Gasteiger partial charge in [-0.05, 0) is 41.3 Å². The van der Waals surface area contributed by atoms with Crippen LogP contribution in [0.3, 0.4) is 0 Å². The van der Waals surface area contributed by atoms with Gasteiger partial charge in [0.15, 0.2) is 0 Å². The Balaban J connectivity index is 0.00000306. The standard InChI is InChI=1S/C26H24N2O4.Na/c1-17-21(14-24(27)29)26-22(12-7-13-23(26)32-16-25(30)31)28(17)15-19-10-5-6-11-20(19)18-8-3-2-4-9-18;/h2-13H,14-16H2,1H3,(H2,27,29)(H,30,31);/q;+1/p-1. The molecular weight excluding hydrogens is 427 g/mol. The monoisotopic (exact) mass is 450 g/mol. The Morgan fingerprint density at radius 2 is 1.67 bits per heavy atom. The van der Waals surface area contributed by atoms with E-state index in [1.165, 1.54) is 0 Å². The second-order valence-electron chi connectivity index (χ2n) is 7.63. The SMILES string of the molecule is Cc1c(CC(N)=O)c2c(OCC(=O)[O-])cccc2n1Cc1ccccc1-c1ccccc1.[Na+]. The summed E-state index contributed by atoms with van der Waals surface area (Å²) >= 11 is 0. The summed E-state index contributed by atoms with van der Waals surface area (Å²) in [5.41, 5.74) is 11.3. The Morgan fingerprint density at radius 3 is 2.36 bits per heavy atom. The number of ether oxygens (including phenoxy) is 1. The zero-order valence-electron chi connectivity index (χ0n) is 18.7. The molecule has 1 aromatic heterocycles. The van der Waals surface area contributed by atoms with E-state index >= 15 is 0 Å². The minimum atomic E-state index is -1.31. The van der Waals surface area contributed by atoms with E-state index in [1.54, 1.807) is 12.1 Å². The minimum Gasteiger partial charge on any atom is -0.546 e. The van der Waals surface area contributed by atoms with Crippen LogP contribution >= 0.6 is 0 Å². The number of carboxylic acids is 1. The number of nitrogens with two attached hydrogens (primary N) is 1. The number of hydrogen-bond donors (Lipinski definition) is 1. The van der Waals surface area contributed by atoms with E-state index in [4.69, 9.17) is 10.5 Å². The van der Waals surface area contributed by atoms with E-state index in [1.807, 2.05) is 43.3 Å². The first kappa shape index (κ1) is 24.6. The van der Waals surface area contributed by atoms with Gasteiger partial charge in [0.2, 0.25) is 5.91 Å². The molecule has 6 nitrogen and oxygen atoms in total. The third-order valence-corrected chi connectivity index (χ3v) is 5.57. The molecule has 0 spiro atoms. The number of amides is 1. The van der Waals surface area contributed by atoms with E-state index in [-0.39, 0.29) is 36.0 Å². The normalized spacial score (nSPS) is 10.6. The molecule has 0 aliphatic carbocycles. The molecule has 7 heteroatoms. The van der Waals surface area contributed by atoms with Crippen molar-refractivity contribution >= 4 is 22.8 Å². The quantitative estimate of drug-likeness (QED) is 0.377. The molecule has 0 fully saturated rings. The zero-order chi connectivity index (χ0) is 22.7. The van der Waals surface area contributed by atoms with Crippen molar-refractivity contribution in [2.45, 2.75) is 19.9 Å². The van der Waals surface area contributed by atoms with Gasteiger partial charge in [-0.3, -0.25) is 4.79 Å². The van der Waals surface area contributed by atoms with Crippen LogP contribution in [0.1, 0.15) is 16.8 Å². The number of carbonyl (C=O) groups is 2. The molecule has 0 saturated heterocycles. The van der Waals surface area contributed by atoms with Crippen LogP contribution in [-0.2, 0) is 22.6 Å². The van der Waals surface area contributed by atoms with E-state index in [0.29, 0.717) is 17.7 Å². The Kier molecular flexibility index (Phi) is 7.97. The summed E-state index contributed by atoms with van der Waals surface area (Å²) in [5, 5.41) is 11.6. The van der Waals surface area contributed by atoms with Crippen molar-refractivity contribution in [3.63, 3.8) is 0 Å². The molecule has 4 aromatic rings. The second kappa shape index (κ2) is 10.7. The number of benzene rings is 3. The fourth-order valence-electron chi connectivity index (χ4n) is 4.15. The van der Waals surface area contributed by atoms with Gasteiger partial charge in [-0.25, -0.2) is 0 Å². The van der Waals surface area contributed by atoms with Gasteiger partial charge in [-0.2, -0.15) is 0 Å². The Labute approximate surface area is 214 Å². The topological polar surface area (TPSA) is 97.4 Å². The molecule has 162 valence electrons. The molecule has 2 N–H and O–H groups in total. The maximum absolute atomic E-state index is 11.8. The Morgan fingerprint density at radius 1 is 0.970 bits per heavy atom. The van der Waals surface area contributed by atoms with Gasteiger partial charge in [0.05, 0.1) is 17.9 Å². The molecule has 1 amide bonds. The summed E-state index contributed by atoms with van der Waals surface area (Å²) in [4.78, 5) is 22.8. The average Bonchev–Trinajstić information content (AvgIpc) is 3.04. The molecule has 0 aliphatic heterocycles. The van der Waals surface area contributed by atoms with E-state index in [2.05, 4.69) is 28.8 Å². The zero-order valence-corrected chi connectivity index (χ0v) is 20.7. The van der Waals surface area contributed by atoms with E-state index in [0.717, 1.165) is 33.5 Å². The van der Waals surface area contributed by atoms with Crippen LogP contribution in [-0.4, -0.2) is 23.1 Å². The maximum atomic E-state index is 11.8. The smallest absolute Gasteiger partial charge is 0.546 e. The number of aliphatic carboxylic acids is 1. The van der Waals surface area contributed by atoms with Gasteiger partial charge in [0.1, 0.15) is 12.4 Å². The van der Waals surface area contributed by atoms with Crippen molar-refractivity contribution in [2.75, 3.05) is 6.61 Å². The molecule has 0 bridgehead atoms. The largest absolute Gasteiger partial charge is 1.00 e. The summed E-state index contributed by atoms with van der Waals surface area (Å²) in [6.07, 6.45) is 0.0291. The predicted octanol–water partition coefficient (Wildman–Crippen LogP) is -0.174. The summed E-state index contributed by atoms with van der Waals surface area (Å²) in [6, 6.07) is 23.8. The number of nitrogens with zero attached hydrogens (tertiary/aromatic N) is 1. The number of hydrogen-bond acceptors (Lipinski definition) is 4. The first-order chi connectivity index (χ1) is 15.5. The van der Waals surface area contributed by atoms with Gasteiger partial charge in [-0.15, -0.1) is 0 Å². The van der Waals surface area contributed by atoms with Crippen LogP contribution in [0.5, 0.6) is 5.75 Å². The first-order valence-electron chi connectivity index (χ1n) is 10.3. The van der Waals surface area contributed by atoms with Crippen LogP contribution in [0.15, 0.2) is 72.8 Å². The number of primary amides is 1. The van der Waals surface area contributed by atoms with Crippen LogP contribution in [0.2, 0.25) is 0 Å². The minimum absolute atomic E-state index is 0. The fraction of sp³-hybridized carbons (Fsp3) is 0.154. The second-order valence-corrected chi connectivity index (χ2v) is 7.63.